The van der Waals surface area contributed by atoms with E-state index in [0.29, 0.717) is 6.04 Å². The van der Waals surface area contributed by atoms with Gasteiger partial charge in [-0.25, -0.2) is 0 Å². The van der Waals surface area contributed by atoms with Crippen molar-refractivity contribution in [1.82, 2.24) is 10.2 Å². The number of guanidine groups is 1. The van der Waals surface area contributed by atoms with Crippen molar-refractivity contribution in [3.63, 3.8) is 0 Å². The van der Waals surface area contributed by atoms with E-state index >= 15 is 0 Å². The molecule has 0 radical (unpaired) electrons. The van der Waals surface area contributed by atoms with Gasteiger partial charge in [-0.3, -0.25) is 4.99 Å². The van der Waals surface area contributed by atoms with Crippen LogP contribution in [0.25, 0.3) is 10.8 Å². The largest absolute Gasteiger partial charge is 0.352 e. The summed E-state index contributed by atoms with van der Waals surface area (Å²) < 4.78 is 1.15. The molecule has 0 bridgehead atoms. The highest BCUT2D eigenvalue weighted by Crippen LogP contribution is 2.25. The van der Waals surface area contributed by atoms with E-state index in [2.05, 4.69) is 81.4 Å². The number of benzene rings is 2. The second-order valence-corrected chi connectivity index (χ2v) is 6.88. The number of nitrogens with zero attached hydrogens (tertiary/aromatic N) is 2. The van der Waals surface area contributed by atoms with Crippen molar-refractivity contribution in [1.29, 1.82) is 0 Å². The molecule has 2 aromatic rings. The van der Waals surface area contributed by atoms with Gasteiger partial charge in [-0.15, -0.1) is 0 Å². The van der Waals surface area contributed by atoms with Crippen LogP contribution < -0.4 is 5.32 Å². The molecule has 1 N–H and O–H groups in total. The van der Waals surface area contributed by atoms with Crippen LogP contribution in [-0.2, 0) is 6.54 Å². The SMILES string of the molecule is CCC(CC)N1CCN=C1NCc1cc(Br)c2ccccc2c1. The fourth-order valence-corrected chi connectivity index (χ4v) is 3.96. The molecule has 122 valence electrons. The van der Waals surface area contributed by atoms with Gasteiger partial charge in [0.2, 0.25) is 0 Å². The first-order valence-corrected chi connectivity index (χ1v) is 9.24. The highest BCUT2D eigenvalue weighted by atomic mass is 79.9. The predicted molar refractivity (Wildman–Crippen MR) is 102 cm³/mol. The summed E-state index contributed by atoms with van der Waals surface area (Å²) in [6, 6.07) is 13.5. The van der Waals surface area contributed by atoms with E-state index in [-0.39, 0.29) is 0 Å². The third-order valence-corrected chi connectivity index (χ3v) is 5.24. The zero-order valence-electron chi connectivity index (χ0n) is 13.8. The van der Waals surface area contributed by atoms with E-state index < -0.39 is 0 Å². The fourth-order valence-electron chi connectivity index (χ4n) is 3.31. The van der Waals surface area contributed by atoms with E-state index in [4.69, 9.17) is 0 Å². The molecule has 0 aliphatic carbocycles. The normalized spacial score (nSPS) is 14.6. The van der Waals surface area contributed by atoms with Crippen molar-refractivity contribution in [3.05, 3.63) is 46.4 Å². The van der Waals surface area contributed by atoms with Crippen molar-refractivity contribution in [2.75, 3.05) is 13.1 Å². The summed E-state index contributed by atoms with van der Waals surface area (Å²) in [4.78, 5) is 7.08. The summed E-state index contributed by atoms with van der Waals surface area (Å²) in [5.74, 6) is 1.06. The Morgan fingerprint density at radius 3 is 2.78 bits per heavy atom. The number of hydrogen-bond donors (Lipinski definition) is 1. The Hall–Kier alpha value is -1.55. The molecular weight excluding hydrogens is 350 g/mol. The van der Waals surface area contributed by atoms with Gasteiger partial charge in [0.15, 0.2) is 5.96 Å². The van der Waals surface area contributed by atoms with Gasteiger partial charge in [-0.2, -0.15) is 0 Å². The van der Waals surface area contributed by atoms with Crippen LogP contribution in [-0.4, -0.2) is 30.0 Å². The second-order valence-electron chi connectivity index (χ2n) is 6.02. The highest BCUT2D eigenvalue weighted by Gasteiger charge is 2.22. The average Bonchev–Trinajstić information content (AvgIpc) is 3.03. The standard InChI is InChI=1S/C19H24BrN3/c1-3-16(4-2)23-10-9-21-19(23)22-13-14-11-15-7-5-6-8-17(15)18(20)12-14/h5-8,11-12,16H,3-4,9-10,13H2,1-2H3,(H,21,22). The van der Waals surface area contributed by atoms with Gasteiger partial charge in [0.05, 0.1) is 6.54 Å². The molecule has 0 saturated carbocycles. The summed E-state index contributed by atoms with van der Waals surface area (Å²) in [6.07, 6.45) is 2.33. The minimum Gasteiger partial charge on any atom is -0.352 e. The summed E-state index contributed by atoms with van der Waals surface area (Å²) >= 11 is 3.69. The zero-order valence-corrected chi connectivity index (χ0v) is 15.4. The third-order valence-electron chi connectivity index (χ3n) is 4.58. The van der Waals surface area contributed by atoms with E-state index in [1.54, 1.807) is 0 Å². The van der Waals surface area contributed by atoms with E-state index in [1.165, 1.54) is 29.2 Å². The molecule has 0 fully saturated rings. The van der Waals surface area contributed by atoms with Crippen LogP contribution in [0.15, 0.2) is 45.9 Å². The monoisotopic (exact) mass is 373 g/mol. The zero-order chi connectivity index (χ0) is 16.2. The number of rotatable bonds is 5. The molecule has 0 atom stereocenters. The third kappa shape index (κ3) is 3.52. The Balaban J connectivity index is 1.73. The molecule has 0 spiro atoms. The maximum absolute atomic E-state index is 4.65. The molecule has 3 rings (SSSR count). The van der Waals surface area contributed by atoms with Gasteiger partial charge in [-0.05, 0) is 41.3 Å². The molecule has 23 heavy (non-hydrogen) atoms. The maximum Gasteiger partial charge on any atom is 0.194 e. The first-order valence-electron chi connectivity index (χ1n) is 8.45. The number of fused-ring (bicyclic) bond motifs is 1. The van der Waals surface area contributed by atoms with Crippen LogP contribution in [0.2, 0.25) is 0 Å². The molecule has 0 aromatic heterocycles. The van der Waals surface area contributed by atoms with E-state index in [1.807, 2.05) is 0 Å². The fraction of sp³-hybridized carbons (Fsp3) is 0.421. The number of halogens is 1. The van der Waals surface area contributed by atoms with Crippen molar-refractivity contribution in [2.24, 2.45) is 4.99 Å². The molecule has 4 heteroatoms. The lowest BCUT2D eigenvalue weighted by Gasteiger charge is -2.29. The molecular formula is C19H24BrN3. The number of hydrogen-bond acceptors (Lipinski definition) is 3. The van der Waals surface area contributed by atoms with Crippen LogP contribution in [0.1, 0.15) is 32.3 Å². The van der Waals surface area contributed by atoms with E-state index in [0.717, 1.165) is 30.1 Å². The molecule has 1 heterocycles. The Labute approximate surface area is 146 Å². The predicted octanol–water partition coefficient (Wildman–Crippen LogP) is 4.55. The Morgan fingerprint density at radius 1 is 1.22 bits per heavy atom. The topological polar surface area (TPSA) is 27.6 Å². The average molecular weight is 374 g/mol. The van der Waals surface area contributed by atoms with Gasteiger partial charge in [0.25, 0.3) is 0 Å². The lowest BCUT2D eigenvalue weighted by molar-refractivity contribution is 0.309. The minimum absolute atomic E-state index is 0.590. The van der Waals surface area contributed by atoms with Crippen molar-refractivity contribution in [2.45, 2.75) is 39.3 Å². The molecule has 0 unspecified atom stereocenters. The van der Waals surface area contributed by atoms with Crippen LogP contribution in [0, 0.1) is 0 Å². The van der Waals surface area contributed by atoms with Crippen molar-refractivity contribution in [3.8, 4) is 0 Å². The summed E-state index contributed by atoms with van der Waals surface area (Å²) in [5.41, 5.74) is 1.27. The van der Waals surface area contributed by atoms with E-state index in [9.17, 15) is 0 Å². The number of aliphatic imine (C=N–C) groups is 1. The Morgan fingerprint density at radius 2 is 2.00 bits per heavy atom. The van der Waals surface area contributed by atoms with Crippen molar-refractivity contribution < 1.29 is 0 Å². The first-order chi connectivity index (χ1) is 11.2. The van der Waals surface area contributed by atoms with Gasteiger partial charge < -0.3 is 10.2 Å². The van der Waals surface area contributed by atoms with Crippen LogP contribution in [0.4, 0.5) is 0 Å². The molecule has 0 amide bonds. The summed E-state index contributed by atoms with van der Waals surface area (Å²) in [5, 5.41) is 6.07. The lowest BCUT2D eigenvalue weighted by Crippen LogP contribution is -2.44. The molecule has 1 aliphatic rings. The van der Waals surface area contributed by atoms with Crippen LogP contribution in [0.3, 0.4) is 0 Å². The summed E-state index contributed by atoms with van der Waals surface area (Å²) in [7, 11) is 0. The minimum atomic E-state index is 0.590. The quantitative estimate of drug-likeness (QED) is 0.831. The van der Waals surface area contributed by atoms with Crippen LogP contribution in [0.5, 0.6) is 0 Å². The number of nitrogens with one attached hydrogen (secondary N) is 1. The van der Waals surface area contributed by atoms with Gasteiger partial charge >= 0.3 is 0 Å². The van der Waals surface area contributed by atoms with Crippen LogP contribution >= 0.6 is 15.9 Å². The smallest absolute Gasteiger partial charge is 0.194 e. The Bertz CT molecular complexity index is 707. The molecule has 2 aromatic carbocycles. The second kappa shape index (κ2) is 7.35. The lowest BCUT2D eigenvalue weighted by atomic mass is 10.1. The Kier molecular flexibility index (Phi) is 5.21. The highest BCUT2D eigenvalue weighted by molar-refractivity contribution is 9.10. The molecule has 3 nitrogen and oxygen atoms in total. The molecule has 0 saturated heterocycles. The molecule has 1 aliphatic heterocycles. The van der Waals surface area contributed by atoms with Gasteiger partial charge in [-0.1, -0.05) is 54.0 Å². The maximum atomic E-state index is 4.65. The van der Waals surface area contributed by atoms with Crippen molar-refractivity contribution >= 4 is 32.7 Å². The first kappa shape index (κ1) is 16.3. The van der Waals surface area contributed by atoms with Gasteiger partial charge in [0.1, 0.15) is 0 Å². The van der Waals surface area contributed by atoms with Gasteiger partial charge in [0, 0.05) is 23.6 Å². The summed E-state index contributed by atoms with van der Waals surface area (Å²) in [6.45, 7) is 7.25.